The van der Waals surface area contributed by atoms with Gasteiger partial charge in [-0.25, -0.2) is 0 Å². The maximum absolute atomic E-state index is 12.7. The number of nitrogens with zero attached hydrogens (tertiary/aromatic N) is 1. The van der Waals surface area contributed by atoms with Crippen LogP contribution in [0.2, 0.25) is 0 Å². The van der Waals surface area contributed by atoms with Crippen molar-refractivity contribution in [1.82, 2.24) is 5.16 Å². The van der Waals surface area contributed by atoms with E-state index in [0.29, 0.717) is 22.9 Å². The average Bonchev–Trinajstić information content (AvgIpc) is 3.04. The Kier molecular flexibility index (Phi) is 6.56. The molecule has 1 saturated carbocycles. The van der Waals surface area contributed by atoms with Crippen LogP contribution in [0.3, 0.4) is 0 Å². The summed E-state index contributed by atoms with van der Waals surface area (Å²) in [4.78, 5) is 12.7. The van der Waals surface area contributed by atoms with E-state index in [2.05, 4.69) is 10.5 Å². The predicted octanol–water partition coefficient (Wildman–Crippen LogP) is 3.35. The van der Waals surface area contributed by atoms with Crippen LogP contribution >= 0.6 is 11.8 Å². The third-order valence-corrected chi connectivity index (χ3v) is 6.38. The van der Waals surface area contributed by atoms with E-state index < -0.39 is 10.2 Å². The molecular formula is C18H30N2O4S. The van der Waals surface area contributed by atoms with E-state index in [1.165, 1.54) is 0 Å². The van der Waals surface area contributed by atoms with E-state index in [1.807, 2.05) is 27.7 Å². The fourth-order valence-corrected chi connectivity index (χ4v) is 4.35. The molecule has 142 valence electrons. The van der Waals surface area contributed by atoms with Crippen molar-refractivity contribution < 1.29 is 19.2 Å². The Hall–Kier alpha value is -1.05. The molecule has 7 heteroatoms. The molecule has 0 aliphatic heterocycles. The molecule has 2 N–H and O–H groups in total. The van der Waals surface area contributed by atoms with Crippen LogP contribution < -0.4 is 5.32 Å². The zero-order valence-corrected chi connectivity index (χ0v) is 16.6. The summed E-state index contributed by atoms with van der Waals surface area (Å²) < 4.78 is 10.1. The van der Waals surface area contributed by atoms with Crippen molar-refractivity contribution in [2.75, 3.05) is 19.0 Å². The number of aliphatic hydroxyl groups is 1. The second-order valence-corrected chi connectivity index (χ2v) is 9.76. The number of anilines is 1. The minimum atomic E-state index is -0.565. The van der Waals surface area contributed by atoms with Crippen molar-refractivity contribution in [1.29, 1.82) is 0 Å². The van der Waals surface area contributed by atoms with Crippen LogP contribution in [-0.2, 0) is 14.9 Å². The van der Waals surface area contributed by atoms with Crippen molar-refractivity contribution in [2.24, 2.45) is 0 Å². The molecule has 0 atom stereocenters. The lowest BCUT2D eigenvalue weighted by atomic mass is 9.91. The zero-order valence-electron chi connectivity index (χ0n) is 15.8. The second-order valence-electron chi connectivity index (χ2n) is 7.84. The third kappa shape index (κ3) is 5.21. The molecule has 2 rings (SSSR count). The summed E-state index contributed by atoms with van der Waals surface area (Å²) >= 11 is 1.71. The number of aliphatic hydroxyl groups excluding tert-OH is 1. The molecule has 1 aliphatic carbocycles. The van der Waals surface area contributed by atoms with Gasteiger partial charge in [0, 0.05) is 23.8 Å². The number of aromatic nitrogens is 1. The maximum Gasteiger partial charge on any atom is 0.242 e. The number of hydrogen-bond acceptors (Lipinski definition) is 6. The summed E-state index contributed by atoms with van der Waals surface area (Å²) in [6.07, 6.45) is 4.59. The van der Waals surface area contributed by atoms with Crippen molar-refractivity contribution in [3.05, 3.63) is 11.8 Å². The highest BCUT2D eigenvalue weighted by Gasteiger charge is 2.34. The van der Waals surface area contributed by atoms with Gasteiger partial charge in [0.05, 0.1) is 23.2 Å². The lowest BCUT2D eigenvalue weighted by molar-refractivity contribution is -0.117. The number of carbonyl (C=O) groups excluding carboxylic acids is 1. The zero-order chi connectivity index (χ0) is 18.7. The van der Waals surface area contributed by atoms with Gasteiger partial charge in [-0.3, -0.25) is 10.1 Å². The predicted molar refractivity (Wildman–Crippen MR) is 100.0 cm³/mol. The first kappa shape index (κ1) is 20.3. The Morgan fingerprint density at radius 1 is 1.36 bits per heavy atom. The Balaban J connectivity index is 1.93. The smallest absolute Gasteiger partial charge is 0.242 e. The van der Waals surface area contributed by atoms with Crippen LogP contribution in [-0.4, -0.2) is 46.0 Å². The molecular weight excluding hydrogens is 340 g/mol. The van der Waals surface area contributed by atoms with Crippen LogP contribution in [0.1, 0.15) is 59.1 Å². The first-order chi connectivity index (χ1) is 11.7. The van der Waals surface area contributed by atoms with Crippen molar-refractivity contribution in [2.45, 2.75) is 74.9 Å². The fourth-order valence-electron chi connectivity index (χ4n) is 2.85. The quantitative estimate of drug-likeness (QED) is 0.766. The van der Waals surface area contributed by atoms with Crippen molar-refractivity contribution in [3.63, 3.8) is 0 Å². The van der Waals surface area contributed by atoms with Gasteiger partial charge in [0.25, 0.3) is 0 Å². The van der Waals surface area contributed by atoms with E-state index in [0.717, 1.165) is 25.7 Å². The number of ether oxygens (including phenoxy) is 1. The van der Waals surface area contributed by atoms with Gasteiger partial charge in [-0.15, -0.1) is 11.8 Å². The van der Waals surface area contributed by atoms with Gasteiger partial charge in [0.2, 0.25) is 11.8 Å². The molecule has 0 radical (unpaired) electrons. The second kappa shape index (κ2) is 8.10. The molecule has 1 fully saturated rings. The summed E-state index contributed by atoms with van der Waals surface area (Å²) in [5.41, 5.74) is 0.116. The number of methoxy groups -OCH3 is 1. The monoisotopic (exact) mass is 370 g/mol. The summed E-state index contributed by atoms with van der Waals surface area (Å²) in [6.45, 7) is 7.56. The van der Waals surface area contributed by atoms with Gasteiger partial charge in [-0.2, -0.15) is 0 Å². The highest BCUT2D eigenvalue weighted by atomic mass is 32.2. The lowest BCUT2D eigenvalue weighted by Crippen LogP contribution is -2.37. The van der Waals surface area contributed by atoms with Gasteiger partial charge < -0.3 is 14.4 Å². The normalized spacial score (nSPS) is 22.0. The van der Waals surface area contributed by atoms with Gasteiger partial charge in [0.1, 0.15) is 0 Å². The average molecular weight is 371 g/mol. The Morgan fingerprint density at radius 3 is 2.56 bits per heavy atom. The number of thioether (sulfide) groups is 1. The molecule has 1 heterocycles. The summed E-state index contributed by atoms with van der Waals surface area (Å²) in [5, 5.41) is 16.6. The summed E-state index contributed by atoms with van der Waals surface area (Å²) in [6, 6.07) is 1.68. The molecule has 0 bridgehead atoms. The van der Waals surface area contributed by atoms with Crippen molar-refractivity contribution in [3.8, 4) is 0 Å². The molecule has 0 spiro atoms. The minimum absolute atomic E-state index is 0.0432. The Labute approximate surface area is 154 Å². The topological polar surface area (TPSA) is 84.6 Å². The van der Waals surface area contributed by atoms with Crippen LogP contribution in [0.25, 0.3) is 0 Å². The van der Waals surface area contributed by atoms with Gasteiger partial charge in [0.15, 0.2) is 0 Å². The highest BCUT2D eigenvalue weighted by molar-refractivity contribution is 8.02. The lowest BCUT2D eigenvalue weighted by Gasteiger charge is -2.32. The number of nitrogens with one attached hydrogen (secondary N) is 1. The van der Waals surface area contributed by atoms with Crippen LogP contribution in [0.4, 0.5) is 5.88 Å². The van der Waals surface area contributed by atoms with Gasteiger partial charge >= 0.3 is 0 Å². The fraction of sp³-hybridized carbons (Fsp3) is 0.778. The van der Waals surface area contributed by atoms with Crippen LogP contribution in [0.5, 0.6) is 0 Å². The minimum Gasteiger partial charge on any atom is -0.395 e. The molecule has 1 amide bonds. The first-order valence-corrected chi connectivity index (χ1v) is 9.66. The van der Waals surface area contributed by atoms with E-state index in [1.54, 1.807) is 24.9 Å². The number of rotatable bonds is 7. The number of amides is 1. The maximum atomic E-state index is 12.7. The standard InChI is InChI=1S/C18H30N2O4S/c1-17(2,11-21)14-10-15(24-20-14)19-16(22)18(3,4)25-13-8-6-12(23-5)7-9-13/h10,12-13,21H,6-9,11H2,1-5H3,(H,19,22). The van der Waals surface area contributed by atoms with Crippen molar-refractivity contribution >= 4 is 23.6 Å². The molecule has 1 aromatic rings. The molecule has 0 unspecified atom stereocenters. The summed E-state index contributed by atoms with van der Waals surface area (Å²) in [7, 11) is 1.76. The SMILES string of the molecule is COC1CCC(SC(C)(C)C(=O)Nc2cc(C(C)(C)CO)no2)CC1. The van der Waals surface area contributed by atoms with Crippen LogP contribution in [0, 0.1) is 0 Å². The van der Waals surface area contributed by atoms with E-state index >= 15 is 0 Å². The first-order valence-electron chi connectivity index (χ1n) is 8.78. The van der Waals surface area contributed by atoms with Gasteiger partial charge in [-0.05, 0) is 39.5 Å². The third-order valence-electron chi connectivity index (χ3n) is 4.80. The Morgan fingerprint density at radius 2 is 2.00 bits per heavy atom. The van der Waals surface area contributed by atoms with E-state index in [4.69, 9.17) is 9.26 Å². The molecule has 0 aromatic carbocycles. The molecule has 25 heavy (non-hydrogen) atoms. The Bertz CT molecular complexity index is 577. The molecule has 0 saturated heterocycles. The number of carbonyl (C=O) groups is 1. The molecule has 1 aliphatic rings. The number of hydrogen-bond donors (Lipinski definition) is 2. The highest BCUT2D eigenvalue weighted by Crippen LogP contribution is 2.38. The molecule has 1 aromatic heterocycles. The van der Waals surface area contributed by atoms with E-state index in [-0.39, 0.29) is 12.5 Å². The van der Waals surface area contributed by atoms with E-state index in [9.17, 15) is 9.90 Å². The largest absolute Gasteiger partial charge is 0.395 e. The van der Waals surface area contributed by atoms with Gasteiger partial charge in [-0.1, -0.05) is 19.0 Å². The molecule has 6 nitrogen and oxygen atoms in total. The van der Waals surface area contributed by atoms with Crippen LogP contribution in [0.15, 0.2) is 10.6 Å². The summed E-state index contributed by atoms with van der Waals surface area (Å²) in [5.74, 6) is 0.217.